The van der Waals surface area contributed by atoms with Crippen molar-refractivity contribution >= 4 is 0 Å². The van der Waals surface area contributed by atoms with Gasteiger partial charge in [0.2, 0.25) is 0 Å². The molecule has 17 heavy (non-hydrogen) atoms. The van der Waals surface area contributed by atoms with Gasteiger partial charge in [0.05, 0.1) is 11.2 Å². The second kappa shape index (κ2) is 3.48. The topological polar surface area (TPSA) is 40.5 Å². The van der Waals surface area contributed by atoms with Crippen molar-refractivity contribution in [2.75, 3.05) is 0 Å². The maximum atomic E-state index is 10.8. The zero-order valence-corrected chi connectivity index (χ0v) is 11.3. The van der Waals surface area contributed by atoms with E-state index < -0.39 is 11.2 Å². The zero-order valence-electron chi connectivity index (χ0n) is 11.3. The highest BCUT2D eigenvalue weighted by Gasteiger charge is 2.57. The molecule has 2 N–H and O–H groups in total. The lowest BCUT2D eigenvalue weighted by molar-refractivity contribution is -0.204. The lowest BCUT2D eigenvalue weighted by atomic mass is 9.49. The highest BCUT2D eigenvalue weighted by Crippen LogP contribution is 2.58. The lowest BCUT2D eigenvalue weighted by Gasteiger charge is -2.59. The van der Waals surface area contributed by atoms with Crippen molar-refractivity contribution in [1.29, 1.82) is 0 Å². The van der Waals surface area contributed by atoms with Gasteiger partial charge in [-0.1, -0.05) is 6.92 Å². The second-order valence-electron chi connectivity index (χ2n) is 7.52. The van der Waals surface area contributed by atoms with Gasteiger partial charge in [0.25, 0.3) is 0 Å². The van der Waals surface area contributed by atoms with Gasteiger partial charge in [-0.05, 0) is 75.5 Å². The van der Waals surface area contributed by atoms with Gasteiger partial charge in [-0.3, -0.25) is 0 Å². The van der Waals surface area contributed by atoms with E-state index in [-0.39, 0.29) is 0 Å². The molecule has 4 aliphatic rings. The molecule has 0 saturated heterocycles. The Morgan fingerprint density at radius 3 is 1.35 bits per heavy atom. The first-order valence-corrected chi connectivity index (χ1v) is 7.26. The Morgan fingerprint density at radius 2 is 1.00 bits per heavy atom. The Morgan fingerprint density at radius 1 is 0.706 bits per heavy atom. The molecule has 0 aromatic heterocycles. The third kappa shape index (κ3) is 1.60. The molecule has 98 valence electrons. The molecule has 0 aromatic carbocycles. The van der Waals surface area contributed by atoms with Crippen LogP contribution in [0.1, 0.15) is 52.9 Å². The summed E-state index contributed by atoms with van der Waals surface area (Å²) in [5.41, 5.74) is -0.972. The molecule has 2 nitrogen and oxygen atoms in total. The van der Waals surface area contributed by atoms with E-state index in [2.05, 4.69) is 6.92 Å². The molecule has 2 unspecified atom stereocenters. The van der Waals surface area contributed by atoms with E-state index in [4.69, 9.17) is 0 Å². The molecular formula is C15H26O2. The molecule has 4 aliphatic carbocycles. The van der Waals surface area contributed by atoms with Crippen LogP contribution in [0.15, 0.2) is 0 Å². The van der Waals surface area contributed by atoms with Crippen molar-refractivity contribution in [3.63, 3.8) is 0 Å². The molecule has 7 atom stereocenters. The van der Waals surface area contributed by atoms with Crippen molar-refractivity contribution in [3.05, 3.63) is 0 Å². The van der Waals surface area contributed by atoms with Gasteiger partial charge in [-0.15, -0.1) is 0 Å². The molecule has 0 spiro atoms. The summed E-state index contributed by atoms with van der Waals surface area (Å²) >= 11 is 0. The fourth-order valence-corrected chi connectivity index (χ4v) is 5.06. The van der Waals surface area contributed by atoms with Crippen LogP contribution in [0, 0.1) is 29.6 Å². The standard InChI is InChI=1S/C15H26O2/c1-9-4-10-6-13-8-12(14(10,2)16)7-11(5-9)15(13,3)17/h9-13,16-17H,4-8H2,1-3H3/t9?,10-,11-,12-,13+,14?,15-/m0/s1. The van der Waals surface area contributed by atoms with Gasteiger partial charge in [-0.2, -0.15) is 0 Å². The summed E-state index contributed by atoms with van der Waals surface area (Å²) in [5.74, 6) is 2.28. The number of rotatable bonds is 0. The number of fused-ring (bicyclic) bond motifs is 2. The summed E-state index contributed by atoms with van der Waals surface area (Å²) in [6.45, 7) is 6.38. The van der Waals surface area contributed by atoms with Gasteiger partial charge >= 0.3 is 0 Å². The molecule has 0 aromatic rings. The second-order valence-corrected chi connectivity index (χ2v) is 7.52. The minimum absolute atomic E-state index is 0.397. The predicted octanol–water partition coefficient (Wildman–Crippen LogP) is 2.58. The third-order valence-corrected chi connectivity index (χ3v) is 6.39. The average Bonchev–Trinajstić information content (AvgIpc) is 2.21. The molecule has 0 heterocycles. The van der Waals surface area contributed by atoms with Crippen LogP contribution >= 0.6 is 0 Å². The van der Waals surface area contributed by atoms with E-state index in [9.17, 15) is 10.2 Å². The number of hydrogen-bond acceptors (Lipinski definition) is 2. The minimum Gasteiger partial charge on any atom is -0.390 e. The Kier molecular flexibility index (Phi) is 2.45. The largest absolute Gasteiger partial charge is 0.390 e. The molecule has 4 saturated carbocycles. The van der Waals surface area contributed by atoms with Gasteiger partial charge in [0.15, 0.2) is 0 Å². The molecular weight excluding hydrogens is 212 g/mol. The van der Waals surface area contributed by atoms with Crippen LogP contribution in [-0.2, 0) is 0 Å². The van der Waals surface area contributed by atoms with E-state index in [1.54, 1.807) is 0 Å². The van der Waals surface area contributed by atoms with Crippen LogP contribution in [0.25, 0.3) is 0 Å². The zero-order chi connectivity index (χ0) is 12.4. The lowest BCUT2D eigenvalue weighted by Crippen LogP contribution is -2.61. The SMILES string of the molecule is CC1C[C@H]2C[C@@H]3C[C@H](C[C@H](C1)[C@]3(C)O)C2(C)O. The smallest absolute Gasteiger partial charge is 0.0676 e. The molecule has 4 rings (SSSR count). The van der Waals surface area contributed by atoms with Gasteiger partial charge in [0.1, 0.15) is 0 Å². The Balaban J connectivity index is 2.00. The average molecular weight is 238 g/mol. The van der Waals surface area contributed by atoms with Gasteiger partial charge in [0, 0.05) is 0 Å². The van der Waals surface area contributed by atoms with E-state index in [0.29, 0.717) is 29.6 Å². The van der Waals surface area contributed by atoms with Gasteiger partial charge in [-0.25, -0.2) is 0 Å². The maximum Gasteiger partial charge on any atom is 0.0676 e. The Bertz CT molecular complexity index is 291. The van der Waals surface area contributed by atoms with Crippen LogP contribution in [0.5, 0.6) is 0 Å². The van der Waals surface area contributed by atoms with Crippen molar-refractivity contribution < 1.29 is 10.2 Å². The van der Waals surface area contributed by atoms with Crippen molar-refractivity contribution in [3.8, 4) is 0 Å². The van der Waals surface area contributed by atoms with Crippen molar-refractivity contribution in [1.82, 2.24) is 0 Å². The molecule has 0 radical (unpaired) electrons. The molecule has 4 fully saturated rings. The first kappa shape index (κ1) is 12.0. The molecule has 0 aliphatic heterocycles. The highest BCUT2D eigenvalue weighted by molar-refractivity contribution is 5.08. The van der Waals surface area contributed by atoms with Crippen LogP contribution in [0.2, 0.25) is 0 Å². The summed E-state index contributed by atoms with van der Waals surface area (Å²) in [7, 11) is 0. The first-order valence-electron chi connectivity index (χ1n) is 7.26. The van der Waals surface area contributed by atoms with E-state index in [1.165, 1.54) is 0 Å². The summed E-state index contributed by atoms with van der Waals surface area (Å²) in [6, 6.07) is 0. The Labute approximate surface area is 104 Å². The highest BCUT2D eigenvalue weighted by atomic mass is 16.3. The number of aliphatic hydroxyl groups is 2. The van der Waals surface area contributed by atoms with E-state index in [1.807, 2.05) is 13.8 Å². The molecule has 2 heteroatoms. The van der Waals surface area contributed by atoms with Crippen molar-refractivity contribution in [2.45, 2.75) is 64.1 Å². The minimum atomic E-state index is -0.486. The third-order valence-electron chi connectivity index (χ3n) is 6.39. The maximum absolute atomic E-state index is 10.8. The normalized spacial score (nSPS) is 62.3. The van der Waals surface area contributed by atoms with Crippen LogP contribution in [0.4, 0.5) is 0 Å². The van der Waals surface area contributed by atoms with Crippen LogP contribution < -0.4 is 0 Å². The summed E-state index contributed by atoms with van der Waals surface area (Å²) in [4.78, 5) is 0. The number of hydrogen-bond donors (Lipinski definition) is 2. The van der Waals surface area contributed by atoms with Gasteiger partial charge < -0.3 is 10.2 Å². The predicted molar refractivity (Wildman–Crippen MR) is 67.5 cm³/mol. The molecule has 4 bridgehead atoms. The monoisotopic (exact) mass is 238 g/mol. The fraction of sp³-hybridized carbons (Fsp3) is 1.00. The van der Waals surface area contributed by atoms with E-state index >= 15 is 0 Å². The summed E-state index contributed by atoms with van der Waals surface area (Å²) in [5, 5.41) is 21.6. The van der Waals surface area contributed by atoms with E-state index in [0.717, 1.165) is 32.1 Å². The quantitative estimate of drug-likeness (QED) is 0.681. The fourth-order valence-electron chi connectivity index (χ4n) is 5.06. The molecule has 0 amide bonds. The summed E-state index contributed by atoms with van der Waals surface area (Å²) < 4.78 is 0. The van der Waals surface area contributed by atoms with Crippen LogP contribution in [-0.4, -0.2) is 21.4 Å². The Hall–Kier alpha value is -0.0800. The van der Waals surface area contributed by atoms with Crippen molar-refractivity contribution in [2.24, 2.45) is 29.6 Å². The summed E-state index contributed by atoms with van der Waals surface area (Å²) in [6.07, 6.45) is 5.37. The van der Waals surface area contributed by atoms with Crippen LogP contribution in [0.3, 0.4) is 0 Å². The first-order chi connectivity index (χ1) is 7.81.